The molecule has 1 aliphatic heterocycles. The summed E-state index contributed by atoms with van der Waals surface area (Å²) < 4.78 is 0. The standard InChI is InChI=1S/C9H13NO5S/c11-7-3-5(16)4-10(7)6(9(14)15)1-2-8(12)13/h5-6,16H,1-4H2,(H,12,13)(H,14,15)/t5?,6-/m0/s1. The number of nitrogens with zero attached hydrogens (tertiary/aromatic N) is 1. The van der Waals surface area contributed by atoms with Crippen molar-refractivity contribution in [1.82, 2.24) is 4.90 Å². The van der Waals surface area contributed by atoms with Crippen molar-refractivity contribution < 1.29 is 24.6 Å². The van der Waals surface area contributed by atoms with Crippen LogP contribution < -0.4 is 0 Å². The average Bonchev–Trinajstić information content (AvgIpc) is 2.45. The van der Waals surface area contributed by atoms with Crippen molar-refractivity contribution in [2.75, 3.05) is 6.54 Å². The van der Waals surface area contributed by atoms with E-state index >= 15 is 0 Å². The summed E-state index contributed by atoms with van der Waals surface area (Å²) in [6, 6.07) is -1.05. The Morgan fingerprint density at radius 1 is 1.50 bits per heavy atom. The Kier molecular flexibility index (Phi) is 4.17. The van der Waals surface area contributed by atoms with Gasteiger partial charge in [-0.2, -0.15) is 12.6 Å². The Hall–Kier alpha value is -1.24. The second kappa shape index (κ2) is 5.20. The number of hydrogen-bond acceptors (Lipinski definition) is 4. The van der Waals surface area contributed by atoms with Gasteiger partial charge in [-0.3, -0.25) is 9.59 Å². The van der Waals surface area contributed by atoms with Gasteiger partial charge in [0.1, 0.15) is 6.04 Å². The summed E-state index contributed by atoms with van der Waals surface area (Å²) >= 11 is 4.11. The van der Waals surface area contributed by atoms with E-state index in [-0.39, 0.29) is 37.0 Å². The first-order valence-corrected chi connectivity index (χ1v) is 5.35. The van der Waals surface area contributed by atoms with Crippen molar-refractivity contribution in [1.29, 1.82) is 0 Å². The Labute approximate surface area is 97.6 Å². The summed E-state index contributed by atoms with van der Waals surface area (Å²) in [6.45, 7) is 0.262. The van der Waals surface area contributed by atoms with Crippen molar-refractivity contribution in [2.24, 2.45) is 0 Å². The number of amides is 1. The van der Waals surface area contributed by atoms with Crippen LogP contribution in [-0.4, -0.2) is 50.8 Å². The van der Waals surface area contributed by atoms with Crippen LogP contribution in [0.3, 0.4) is 0 Å². The minimum Gasteiger partial charge on any atom is -0.481 e. The van der Waals surface area contributed by atoms with Crippen LogP contribution in [0.1, 0.15) is 19.3 Å². The maximum atomic E-state index is 11.4. The Balaban J connectivity index is 2.66. The van der Waals surface area contributed by atoms with Gasteiger partial charge in [-0.25, -0.2) is 4.79 Å². The van der Waals surface area contributed by atoms with E-state index in [1.54, 1.807) is 0 Å². The molecule has 2 atom stereocenters. The molecule has 1 amide bonds. The topological polar surface area (TPSA) is 94.9 Å². The molecule has 0 spiro atoms. The van der Waals surface area contributed by atoms with E-state index in [1.165, 1.54) is 4.90 Å². The fraction of sp³-hybridized carbons (Fsp3) is 0.667. The molecule has 1 unspecified atom stereocenters. The maximum absolute atomic E-state index is 11.4. The molecule has 1 heterocycles. The zero-order valence-corrected chi connectivity index (χ0v) is 9.39. The molecule has 0 radical (unpaired) electrons. The van der Waals surface area contributed by atoms with Crippen molar-refractivity contribution in [3.63, 3.8) is 0 Å². The second-order valence-corrected chi connectivity index (χ2v) is 4.42. The third-order valence-electron chi connectivity index (χ3n) is 2.43. The van der Waals surface area contributed by atoms with Crippen molar-refractivity contribution in [2.45, 2.75) is 30.6 Å². The summed E-state index contributed by atoms with van der Waals surface area (Å²) in [5.74, 6) is -2.52. The lowest BCUT2D eigenvalue weighted by Gasteiger charge is -2.23. The van der Waals surface area contributed by atoms with Gasteiger partial charge in [-0.15, -0.1) is 0 Å². The minimum absolute atomic E-state index is 0.0725. The molecular formula is C9H13NO5S. The number of likely N-dealkylation sites (tertiary alicyclic amines) is 1. The number of carbonyl (C=O) groups is 3. The summed E-state index contributed by atoms with van der Waals surface area (Å²) in [6.07, 6.45) is -0.130. The fourth-order valence-corrected chi connectivity index (χ4v) is 2.02. The van der Waals surface area contributed by atoms with E-state index in [0.29, 0.717) is 0 Å². The van der Waals surface area contributed by atoms with Gasteiger partial charge >= 0.3 is 11.9 Å². The first-order chi connectivity index (χ1) is 7.41. The molecular weight excluding hydrogens is 234 g/mol. The van der Waals surface area contributed by atoms with E-state index < -0.39 is 18.0 Å². The summed E-state index contributed by atoms with van der Waals surface area (Å²) in [5.41, 5.74) is 0. The van der Waals surface area contributed by atoms with Crippen LogP contribution in [-0.2, 0) is 14.4 Å². The van der Waals surface area contributed by atoms with Crippen LogP contribution in [0.25, 0.3) is 0 Å². The van der Waals surface area contributed by atoms with E-state index in [9.17, 15) is 14.4 Å². The number of carbonyl (C=O) groups excluding carboxylic acids is 1. The molecule has 0 bridgehead atoms. The Bertz CT molecular complexity index is 319. The lowest BCUT2D eigenvalue weighted by molar-refractivity contribution is -0.149. The molecule has 0 aromatic carbocycles. The molecule has 0 aromatic rings. The predicted octanol–water partition coefficient (Wildman–Crippen LogP) is -0.165. The van der Waals surface area contributed by atoms with Gasteiger partial charge in [-0.05, 0) is 6.42 Å². The van der Waals surface area contributed by atoms with Gasteiger partial charge in [0.05, 0.1) is 0 Å². The summed E-state index contributed by atoms with van der Waals surface area (Å²) in [7, 11) is 0. The van der Waals surface area contributed by atoms with Gasteiger partial charge in [0, 0.05) is 24.6 Å². The van der Waals surface area contributed by atoms with Crippen molar-refractivity contribution in [3.05, 3.63) is 0 Å². The lowest BCUT2D eigenvalue weighted by atomic mass is 10.1. The highest BCUT2D eigenvalue weighted by Crippen LogP contribution is 2.21. The Morgan fingerprint density at radius 3 is 2.50 bits per heavy atom. The van der Waals surface area contributed by atoms with Gasteiger partial charge in [0.15, 0.2) is 0 Å². The zero-order chi connectivity index (χ0) is 12.3. The van der Waals surface area contributed by atoms with Crippen LogP contribution in [0.4, 0.5) is 0 Å². The highest BCUT2D eigenvalue weighted by Gasteiger charge is 2.36. The number of hydrogen-bond donors (Lipinski definition) is 3. The molecule has 1 fully saturated rings. The zero-order valence-electron chi connectivity index (χ0n) is 8.50. The second-order valence-electron chi connectivity index (χ2n) is 3.69. The average molecular weight is 247 g/mol. The first-order valence-electron chi connectivity index (χ1n) is 4.84. The van der Waals surface area contributed by atoms with Crippen LogP contribution in [0.15, 0.2) is 0 Å². The maximum Gasteiger partial charge on any atom is 0.326 e. The molecule has 16 heavy (non-hydrogen) atoms. The predicted molar refractivity (Wildman–Crippen MR) is 57.4 cm³/mol. The van der Waals surface area contributed by atoms with Gasteiger partial charge < -0.3 is 15.1 Å². The minimum atomic E-state index is -1.17. The molecule has 0 aliphatic carbocycles. The van der Waals surface area contributed by atoms with Crippen molar-refractivity contribution >= 4 is 30.5 Å². The fourth-order valence-electron chi connectivity index (χ4n) is 1.69. The van der Waals surface area contributed by atoms with Crippen LogP contribution in [0, 0.1) is 0 Å². The number of aliphatic carboxylic acids is 2. The summed E-state index contributed by atoms with van der Waals surface area (Å²) in [4.78, 5) is 34.0. The number of carboxylic acid groups (broad SMARTS) is 2. The van der Waals surface area contributed by atoms with Gasteiger partial charge in [0.2, 0.25) is 5.91 Å². The molecule has 0 saturated carbocycles. The molecule has 6 nitrogen and oxygen atoms in total. The van der Waals surface area contributed by atoms with E-state index in [1.807, 2.05) is 0 Å². The first kappa shape index (κ1) is 12.8. The van der Waals surface area contributed by atoms with Crippen LogP contribution in [0.5, 0.6) is 0 Å². The van der Waals surface area contributed by atoms with Gasteiger partial charge in [0.25, 0.3) is 0 Å². The van der Waals surface area contributed by atoms with Gasteiger partial charge in [-0.1, -0.05) is 0 Å². The van der Waals surface area contributed by atoms with E-state index in [4.69, 9.17) is 10.2 Å². The van der Waals surface area contributed by atoms with Crippen molar-refractivity contribution in [3.8, 4) is 0 Å². The number of thiol groups is 1. The highest BCUT2D eigenvalue weighted by atomic mass is 32.1. The Morgan fingerprint density at radius 2 is 2.12 bits per heavy atom. The van der Waals surface area contributed by atoms with Crippen LogP contribution in [0.2, 0.25) is 0 Å². The molecule has 7 heteroatoms. The molecule has 1 saturated heterocycles. The third kappa shape index (κ3) is 3.13. The molecule has 1 aliphatic rings. The molecule has 0 aromatic heterocycles. The lowest BCUT2D eigenvalue weighted by Crippen LogP contribution is -2.42. The largest absolute Gasteiger partial charge is 0.481 e. The molecule has 2 N–H and O–H groups in total. The SMILES string of the molecule is O=C(O)CC[C@@H](C(=O)O)N1CC(S)CC1=O. The quantitative estimate of drug-likeness (QED) is 0.586. The third-order valence-corrected chi connectivity index (χ3v) is 2.78. The number of carboxylic acids is 2. The molecule has 90 valence electrons. The highest BCUT2D eigenvalue weighted by molar-refractivity contribution is 7.81. The summed E-state index contributed by atoms with van der Waals surface area (Å²) in [5, 5.41) is 17.3. The number of rotatable bonds is 5. The van der Waals surface area contributed by atoms with Crippen LogP contribution >= 0.6 is 12.6 Å². The normalized spacial score (nSPS) is 22.2. The molecule has 1 rings (SSSR count). The smallest absolute Gasteiger partial charge is 0.326 e. The van der Waals surface area contributed by atoms with E-state index in [0.717, 1.165) is 0 Å². The monoisotopic (exact) mass is 247 g/mol. The van der Waals surface area contributed by atoms with E-state index in [2.05, 4.69) is 12.6 Å².